The number of rotatable bonds is 4. The second kappa shape index (κ2) is 6.07. The fraction of sp³-hybridized carbons (Fsp3) is 0.250. The molecule has 4 heteroatoms. The summed E-state index contributed by atoms with van der Waals surface area (Å²) in [4.78, 5) is 4.27. The van der Waals surface area contributed by atoms with Gasteiger partial charge in [0, 0.05) is 30.2 Å². The lowest BCUT2D eigenvalue weighted by Crippen LogP contribution is -1.97. The molecule has 1 N–H and O–H groups in total. The van der Waals surface area contributed by atoms with Gasteiger partial charge in [0.1, 0.15) is 17.6 Å². The van der Waals surface area contributed by atoms with E-state index in [0.717, 1.165) is 29.1 Å². The molecule has 0 atom stereocenters. The Labute approximate surface area is 119 Å². The van der Waals surface area contributed by atoms with Crippen LogP contribution in [0, 0.1) is 18.3 Å². The highest BCUT2D eigenvalue weighted by molar-refractivity contribution is 5.56. The zero-order chi connectivity index (χ0) is 14.5. The van der Waals surface area contributed by atoms with Gasteiger partial charge < -0.3 is 10.1 Å². The summed E-state index contributed by atoms with van der Waals surface area (Å²) in [5, 5.41) is 12.2. The van der Waals surface area contributed by atoms with Gasteiger partial charge in [-0.25, -0.2) is 0 Å². The number of nitrogens with zero attached hydrogens (tertiary/aromatic N) is 2. The van der Waals surface area contributed by atoms with Crippen LogP contribution in [-0.4, -0.2) is 12.0 Å². The lowest BCUT2D eigenvalue weighted by Gasteiger charge is -2.13. The second-order valence-corrected chi connectivity index (χ2v) is 4.40. The highest BCUT2D eigenvalue weighted by Crippen LogP contribution is 2.30. The molecule has 102 valence electrons. The lowest BCUT2D eigenvalue weighted by molar-refractivity contribution is 0.473. The predicted octanol–water partition coefficient (Wildman–Crippen LogP) is 3.66. The minimum absolute atomic E-state index is 0.508. The molecule has 0 saturated carbocycles. The molecule has 0 aliphatic heterocycles. The predicted molar refractivity (Wildman–Crippen MR) is 79.1 cm³/mol. The molecular formula is C16H17N3O. The van der Waals surface area contributed by atoms with Gasteiger partial charge in [-0.15, -0.1) is 0 Å². The number of hydrogen-bond acceptors (Lipinski definition) is 4. The molecule has 4 nitrogen and oxygen atoms in total. The summed E-state index contributed by atoms with van der Waals surface area (Å²) < 4.78 is 5.91. The van der Waals surface area contributed by atoms with Crippen LogP contribution in [0.3, 0.4) is 0 Å². The zero-order valence-corrected chi connectivity index (χ0v) is 11.9. The van der Waals surface area contributed by atoms with E-state index in [1.165, 1.54) is 0 Å². The van der Waals surface area contributed by atoms with Crippen LogP contribution >= 0.6 is 0 Å². The number of benzene rings is 1. The van der Waals surface area contributed by atoms with E-state index in [9.17, 15) is 5.26 Å². The van der Waals surface area contributed by atoms with Gasteiger partial charge in [0.25, 0.3) is 0 Å². The topological polar surface area (TPSA) is 57.9 Å². The molecule has 1 heterocycles. The van der Waals surface area contributed by atoms with E-state index in [1.54, 1.807) is 18.3 Å². The molecule has 1 aromatic carbocycles. The van der Waals surface area contributed by atoms with E-state index in [2.05, 4.69) is 23.3 Å². The van der Waals surface area contributed by atoms with E-state index in [4.69, 9.17) is 4.74 Å². The van der Waals surface area contributed by atoms with E-state index in [1.807, 2.05) is 26.1 Å². The number of anilines is 1. The van der Waals surface area contributed by atoms with Gasteiger partial charge in [-0.05, 0) is 37.6 Å². The summed E-state index contributed by atoms with van der Waals surface area (Å²) >= 11 is 0. The minimum Gasteiger partial charge on any atom is -0.456 e. The third-order valence-electron chi connectivity index (χ3n) is 3.19. The molecule has 0 saturated heterocycles. The van der Waals surface area contributed by atoms with Crippen LogP contribution in [0.25, 0.3) is 0 Å². The van der Waals surface area contributed by atoms with Crippen molar-refractivity contribution < 1.29 is 4.74 Å². The van der Waals surface area contributed by atoms with E-state index >= 15 is 0 Å². The van der Waals surface area contributed by atoms with Crippen LogP contribution in [0.5, 0.6) is 11.5 Å². The first kappa shape index (κ1) is 13.9. The van der Waals surface area contributed by atoms with Crippen LogP contribution < -0.4 is 10.1 Å². The molecule has 0 aliphatic rings. The van der Waals surface area contributed by atoms with Crippen molar-refractivity contribution in [3.05, 3.63) is 47.3 Å². The number of aryl methyl sites for hydroxylation is 1. The SMILES string of the molecule is CCc1c(Oc2ccc(NC)cc2C#N)ccnc1C. The number of nitriles is 1. The van der Waals surface area contributed by atoms with Gasteiger partial charge in [0.2, 0.25) is 0 Å². The Morgan fingerprint density at radius 3 is 2.75 bits per heavy atom. The van der Waals surface area contributed by atoms with Crippen molar-refractivity contribution >= 4 is 5.69 Å². The van der Waals surface area contributed by atoms with Gasteiger partial charge in [0.05, 0.1) is 5.56 Å². The number of aromatic nitrogens is 1. The maximum absolute atomic E-state index is 9.23. The first-order chi connectivity index (χ1) is 9.69. The molecule has 20 heavy (non-hydrogen) atoms. The summed E-state index contributed by atoms with van der Waals surface area (Å²) in [6.07, 6.45) is 2.56. The van der Waals surface area contributed by atoms with Crippen LogP contribution in [0.15, 0.2) is 30.5 Å². The summed E-state index contributed by atoms with van der Waals surface area (Å²) in [7, 11) is 1.82. The Morgan fingerprint density at radius 2 is 2.10 bits per heavy atom. The Bertz CT molecular complexity index is 659. The third kappa shape index (κ3) is 2.72. The van der Waals surface area contributed by atoms with Crippen LogP contribution in [-0.2, 0) is 6.42 Å². The molecule has 0 aliphatic carbocycles. The number of nitrogens with one attached hydrogen (secondary N) is 1. The average Bonchev–Trinajstić information content (AvgIpc) is 2.48. The Morgan fingerprint density at radius 1 is 1.30 bits per heavy atom. The first-order valence-electron chi connectivity index (χ1n) is 6.53. The normalized spacial score (nSPS) is 9.90. The number of hydrogen-bond donors (Lipinski definition) is 1. The molecule has 0 unspecified atom stereocenters. The van der Waals surface area contributed by atoms with Gasteiger partial charge in [-0.2, -0.15) is 5.26 Å². The maximum Gasteiger partial charge on any atom is 0.145 e. The summed E-state index contributed by atoms with van der Waals surface area (Å²) in [5.74, 6) is 1.32. The van der Waals surface area contributed by atoms with Crippen molar-refractivity contribution in [1.29, 1.82) is 5.26 Å². The fourth-order valence-electron chi connectivity index (χ4n) is 2.08. The highest BCUT2D eigenvalue weighted by atomic mass is 16.5. The summed E-state index contributed by atoms with van der Waals surface area (Å²) in [6, 6.07) is 9.46. The third-order valence-corrected chi connectivity index (χ3v) is 3.19. The molecule has 0 spiro atoms. The highest BCUT2D eigenvalue weighted by Gasteiger charge is 2.10. The molecule has 0 fully saturated rings. The van der Waals surface area contributed by atoms with Crippen molar-refractivity contribution in [2.75, 3.05) is 12.4 Å². The van der Waals surface area contributed by atoms with Crippen molar-refractivity contribution in [1.82, 2.24) is 4.98 Å². The van der Waals surface area contributed by atoms with Gasteiger partial charge >= 0.3 is 0 Å². The molecule has 2 rings (SSSR count). The van der Waals surface area contributed by atoms with E-state index in [0.29, 0.717) is 11.3 Å². The molecule has 1 aromatic heterocycles. The largest absolute Gasteiger partial charge is 0.456 e. The zero-order valence-electron chi connectivity index (χ0n) is 11.9. The van der Waals surface area contributed by atoms with Crippen molar-refractivity contribution in [3.8, 4) is 17.6 Å². The number of pyridine rings is 1. The lowest BCUT2D eigenvalue weighted by atomic mass is 10.1. The average molecular weight is 267 g/mol. The van der Waals surface area contributed by atoms with Gasteiger partial charge in [-0.3, -0.25) is 4.98 Å². The van der Waals surface area contributed by atoms with Crippen LogP contribution in [0.1, 0.15) is 23.7 Å². The van der Waals surface area contributed by atoms with Crippen LogP contribution in [0.2, 0.25) is 0 Å². The Hall–Kier alpha value is -2.54. The first-order valence-corrected chi connectivity index (χ1v) is 6.53. The Balaban J connectivity index is 2.40. The molecule has 2 aromatic rings. The van der Waals surface area contributed by atoms with Gasteiger partial charge in [0.15, 0.2) is 0 Å². The van der Waals surface area contributed by atoms with Crippen molar-refractivity contribution in [3.63, 3.8) is 0 Å². The van der Waals surface area contributed by atoms with E-state index < -0.39 is 0 Å². The van der Waals surface area contributed by atoms with Crippen molar-refractivity contribution in [2.24, 2.45) is 0 Å². The maximum atomic E-state index is 9.23. The monoisotopic (exact) mass is 267 g/mol. The molecule has 0 bridgehead atoms. The summed E-state index contributed by atoms with van der Waals surface area (Å²) in [5.41, 5.74) is 3.41. The molecule has 0 amide bonds. The smallest absolute Gasteiger partial charge is 0.145 e. The second-order valence-electron chi connectivity index (χ2n) is 4.40. The van der Waals surface area contributed by atoms with Crippen LogP contribution in [0.4, 0.5) is 5.69 Å². The molecular weight excluding hydrogens is 250 g/mol. The van der Waals surface area contributed by atoms with Gasteiger partial charge in [-0.1, -0.05) is 6.92 Å². The number of ether oxygens (including phenoxy) is 1. The fourth-order valence-corrected chi connectivity index (χ4v) is 2.08. The minimum atomic E-state index is 0.508. The van der Waals surface area contributed by atoms with Crippen molar-refractivity contribution in [2.45, 2.75) is 20.3 Å². The Kier molecular flexibility index (Phi) is 4.21. The molecule has 0 radical (unpaired) electrons. The van der Waals surface area contributed by atoms with E-state index in [-0.39, 0.29) is 0 Å². The summed E-state index contributed by atoms with van der Waals surface area (Å²) in [6.45, 7) is 4.02. The standard InChI is InChI=1S/C16H17N3O/c1-4-14-11(2)19-8-7-16(14)20-15-6-5-13(18-3)9-12(15)10-17/h5-9,18H,4H2,1-3H3. The quantitative estimate of drug-likeness (QED) is 0.918.